The molecule has 1 aromatic carbocycles. The Balaban J connectivity index is 2.26. The van der Waals surface area contributed by atoms with E-state index in [1.807, 2.05) is 6.07 Å². The molecule has 20 heavy (non-hydrogen) atoms. The molecule has 2 atom stereocenters. The molecule has 1 saturated heterocycles. The third-order valence-electron chi connectivity index (χ3n) is 4.67. The fraction of sp³-hybridized carbons (Fsp3) is 0.625. The largest absolute Gasteiger partial charge is 0.379 e. The Hall–Kier alpha value is -0.970. The second-order valence-electron chi connectivity index (χ2n) is 5.80. The van der Waals surface area contributed by atoms with E-state index in [-0.39, 0.29) is 17.4 Å². The van der Waals surface area contributed by atoms with Crippen LogP contribution in [-0.2, 0) is 4.74 Å². The van der Waals surface area contributed by atoms with E-state index >= 15 is 0 Å². The lowest BCUT2D eigenvalue weighted by molar-refractivity contribution is -0.0278. The lowest BCUT2D eigenvalue weighted by Gasteiger charge is -2.46. The Bertz CT molecular complexity index is 460. The maximum atomic E-state index is 13.8. The van der Waals surface area contributed by atoms with Gasteiger partial charge in [0, 0.05) is 24.7 Å². The summed E-state index contributed by atoms with van der Waals surface area (Å²) in [5, 5.41) is 0. The van der Waals surface area contributed by atoms with Gasteiger partial charge in [-0.3, -0.25) is 4.90 Å². The van der Waals surface area contributed by atoms with Crippen LogP contribution in [0.4, 0.5) is 4.39 Å². The zero-order valence-corrected chi connectivity index (χ0v) is 12.7. The van der Waals surface area contributed by atoms with E-state index in [1.54, 1.807) is 19.1 Å². The summed E-state index contributed by atoms with van der Waals surface area (Å²) < 4.78 is 19.2. The van der Waals surface area contributed by atoms with Gasteiger partial charge in [0.15, 0.2) is 0 Å². The van der Waals surface area contributed by atoms with Gasteiger partial charge in [0.2, 0.25) is 0 Å². The average Bonchev–Trinajstić information content (AvgIpc) is 2.49. The number of ether oxygens (including phenoxy) is 1. The van der Waals surface area contributed by atoms with Crippen LogP contribution in [0.1, 0.15) is 37.4 Å². The van der Waals surface area contributed by atoms with Crippen molar-refractivity contribution >= 4 is 0 Å². The van der Waals surface area contributed by atoms with Crippen molar-refractivity contribution in [1.29, 1.82) is 0 Å². The van der Waals surface area contributed by atoms with Crippen molar-refractivity contribution in [3.63, 3.8) is 0 Å². The van der Waals surface area contributed by atoms with Gasteiger partial charge in [0.05, 0.1) is 13.2 Å². The molecular weight excluding hydrogens is 255 g/mol. The number of rotatable bonds is 4. The van der Waals surface area contributed by atoms with Crippen LogP contribution in [0.15, 0.2) is 18.2 Å². The quantitative estimate of drug-likeness (QED) is 0.921. The number of aryl methyl sites for hydroxylation is 1. The van der Waals surface area contributed by atoms with E-state index in [1.165, 1.54) is 0 Å². The molecule has 1 fully saturated rings. The molecule has 112 valence electrons. The molecular formula is C16H25FN2O. The minimum atomic E-state index is -0.208. The summed E-state index contributed by atoms with van der Waals surface area (Å²) in [6.45, 7) is 9.32. The minimum Gasteiger partial charge on any atom is -0.379 e. The molecule has 0 radical (unpaired) electrons. The van der Waals surface area contributed by atoms with Gasteiger partial charge in [-0.1, -0.05) is 19.1 Å². The molecule has 1 aliphatic heterocycles. The number of nitrogens with two attached hydrogens (primary N) is 1. The smallest absolute Gasteiger partial charge is 0.126 e. The van der Waals surface area contributed by atoms with Gasteiger partial charge in [-0.15, -0.1) is 0 Å². The molecule has 0 aliphatic carbocycles. The summed E-state index contributed by atoms with van der Waals surface area (Å²) in [7, 11) is 0. The molecule has 3 nitrogen and oxygen atoms in total. The Morgan fingerprint density at radius 2 is 2.05 bits per heavy atom. The van der Waals surface area contributed by atoms with E-state index in [0.717, 1.165) is 38.3 Å². The van der Waals surface area contributed by atoms with E-state index in [4.69, 9.17) is 10.5 Å². The highest BCUT2D eigenvalue weighted by Gasteiger charge is 2.37. The summed E-state index contributed by atoms with van der Waals surface area (Å²) in [5.74, 6) is -0.182. The van der Waals surface area contributed by atoms with E-state index in [0.29, 0.717) is 5.56 Å². The van der Waals surface area contributed by atoms with Crippen LogP contribution in [0.25, 0.3) is 0 Å². The molecule has 0 saturated carbocycles. The summed E-state index contributed by atoms with van der Waals surface area (Å²) in [4.78, 5) is 2.37. The van der Waals surface area contributed by atoms with Gasteiger partial charge in [-0.25, -0.2) is 4.39 Å². The zero-order chi connectivity index (χ0) is 14.8. The lowest BCUT2D eigenvalue weighted by atomic mass is 9.83. The fourth-order valence-corrected chi connectivity index (χ4v) is 2.88. The standard InChI is InChI=1S/C16H25FN2O/c1-4-16(3,19-7-9-20-10-8-19)15(18)13-6-5-12(2)14(17)11-13/h5-6,11,15H,4,7-10,18H2,1-3H3. The van der Waals surface area contributed by atoms with Crippen molar-refractivity contribution in [3.8, 4) is 0 Å². The van der Waals surface area contributed by atoms with Crippen LogP contribution in [0.5, 0.6) is 0 Å². The van der Waals surface area contributed by atoms with Gasteiger partial charge >= 0.3 is 0 Å². The van der Waals surface area contributed by atoms with E-state index in [2.05, 4.69) is 18.7 Å². The first-order valence-electron chi connectivity index (χ1n) is 7.33. The summed E-state index contributed by atoms with van der Waals surface area (Å²) >= 11 is 0. The second kappa shape index (κ2) is 6.20. The SMILES string of the molecule is CCC(C)(C(N)c1ccc(C)c(F)c1)N1CCOCC1. The number of benzene rings is 1. The zero-order valence-electron chi connectivity index (χ0n) is 12.7. The van der Waals surface area contributed by atoms with Gasteiger partial charge in [-0.2, -0.15) is 0 Å². The molecule has 0 spiro atoms. The van der Waals surface area contributed by atoms with Crippen molar-refractivity contribution in [3.05, 3.63) is 35.1 Å². The first-order valence-corrected chi connectivity index (χ1v) is 7.33. The number of hydrogen-bond donors (Lipinski definition) is 1. The molecule has 0 aromatic heterocycles. The third kappa shape index (κ3) is 2.87. The van der Waals surface area contributed by atoms with E-state index in [9.17, 15) is 4.39 Å². The predicted octanol–water partition coefficient (Wildman–Crippen LogP) is 2.63. The van der Waals surface area contributed by atoms with Crippen LogP contribution >= 0.6 is 0 Å². The van der Waals surface area contributed by atoms with Crippen LogP contribution in [-0.4, -0.2) is 36.7 Å². The second-order valence-corrected chi connectivity index (χ2v) is 5.80. The molecule has 4 heteroatoms. The van der Waals surface area contributed by atoms with Gasteiger partial charge in [0.1, 0.15) is 5.82 Å². The normalized spacial score (nSPS) is 21.4. The molecule has 2 rings (SSSR count). The highest BCUT2D eigenvalue weighted by atomic mass is 19.1. The van der Waals surface area contributed by atoms with Gasteiger partial charge in [0.25, 0.3) is 0 Å². The minimum absolute atomic E-state index is 0.175. The topological polar surface area (TPSA) is 38.5 Å². The average molecular weight is 280 g/mol. The third-order valence-corrected chi connectivity index (χ3v) is 4.67. The summed E-state index contributed by atoms with van der Waals surface area (Å²) in [6, 6.07) is 5.12. The van der Waals surface area contributed by atoms with Gasteiger partial charge < -0.3 is 10.5 Å². The Morgan fingerprint density at radius 3 is 2.60 bits per heavy atom. The number of hydrogen-bond acceptors (Lipinski definition) is 3. The lowest BCUT2D eigenvalue weighted by Crippen LogP contribution is -2.56. The van der Waals surface area contributed by atoms with E-state index < -0.39 is 0 Å². The molecule has 1 aromatic rings. The first-order chi connectivity index (χ1) is 9.49. The summed E-state index contributed by atoms with van der Waals surface area (Å²) in [6.07, 6.45) is 0.920. The Morgan fingerprint density at radius 1 is 1.40 bits per heavy atom. The summed E-state index contributed by atoms with van der Waals surface area (Å²) in [5.41, 5.74) is 7.83. The van der Waals surface area contributed by atoms with Crippen molar-refractivity contribution < 1.29 is 9.13 Å². The van der Waals surface area contributed by atoms with Crippen LogP contribution in [0.3, 0.4) is 0 Å². The van der Waals surface area contributed by atoms with Crippen molar-refractivity contribution in [2.45, 2.75) is 38.8 Å². The van der Waals surface area contributed by atoms with Crippen LogP contribution in [0.2, 0.25) is 0 Å². The number of nitrogens with zero attached hydrogens (tertiary/aromatic N) is 1. The molecule has 2 N–H and O–H groups in total. The molecule has 0 bridgehead atoms. The molecule has 1 aliphatic rings. The van der Waals surface area contributed by atoms with Crippen LogP contribution < -0.4 is 5.73 Å². The monoisotopic (exact) mass is 280 g/mol. The highest BCUT2D eigenvalue weighted by molar-refractivity contribution is 5.28. The molecule has 0 amide bonds. The molecule has 1 heterocycles. The van der Waals surface area contributed by atoms with Crippen molar-refractivity contribution in [2.75, 3.05) is 26.3 Å². The number of halogens is 1. The Kier molecular flexibility index (Phi) is 4.78. The van der Waals surface area contributed by atoms with Crippen LogP contribution in [0, 0.1) is 12.7 Å². The maximum absolute atomic E-state index is 13.8. The van der Waals surface area contributed by atoms with Crippen molar-refractivity contribution in [1.82, 2.24) is 4.90 Å². The van der Waals surface area contributed by atoms with Crippen molar-refractivity contribution in [2.24, 2.45) is 5.73 Å². The highest BCUT2D eigenvalue weighted by Crippen LogP contribution is 2.33. The van der Waals surface area contributed by atoms with Gasteiger partial charge in [-0.05, 0) is 37.5 Å². The Labute approximate surface area is 120 Å². The first kappa shape index (κ1) is 15.4. The number of morpholine rings is 1. The molecule has 2 unspecified atom stereocenters. The predicted molar refractivity (Wildman–Crippen MR) is 79.2 cm³/mol. The maximum Gasteiger partial charge on any atom is 0.126 e. The fourth-order valence-electron chi connectivity index (χ4n) is 2.88.